The van der Waals surface area contributed by atoms with Crippen molar-refractivity contribution in [2.75, 3.05) is 13.1 Å². The molecule has 0 radical (unpaired) electrons. The van der Waals surface area contributed by atoms with Gasteiger partial charge in [-0.05, 0) is 51.0 Å². The molecule has 0 saturated carbocycles. The molecule has 3 nitrogen and oxygen atoms in total. The summed E-state index contributed by atoms with van der Waals surface area (Å²) in [5, 5.41) is 0. The van der Waals surface area contributed by atoms with E-state index in [4.69, 9.17) is 4.74 Å². The van der Waals surface area contributed by atoms with E-state index in [1.807, 2.05) is 43.9 Å². The molecule has 2 atom stereocenters. The lowest BCUT2D eigenvalue weighted by molar-refractivity contribution is -0.0586. The van der Waals surface area contributed by atoms with E-state index in [0.717, 1.165) is 11.1 Å². The zero-order chi connectivity index (χ0) is 13.3. The number of aryl methyl sites for hydroxylation is 2. The molecule has 98 valence electrons. The molecule has 0 aliphatic carbocycles. The van der Waals surface area contributed by atoms with Gasteiger partial charge in [-0.2, -0.15) is 0 Å². The van der Waals surface area contributed by atoms with Crippen LogP contribution in [0.25, 0.3) is 0 Å². The van der Waals surface area contributed by atoms with Crippen LogP contribution in [-0.2, 0) is 4.74 Å². The number of carbonyl (C=O) groups excluding carboxylic acids is 1. The van der Waals surface area contributed by atoms with Crippen molar-refractivity contribution >= 4 is 5.91 Å². The van der Waals surface area contributed by atoms with Crippen LogP contribution >= 0.6 is 0 Å². The van der Waals surface area contributed by atoms with Crippen molar-refractivity contribution in [1.29, 1.82) is 0 Å². The summed E-state index contributed by atoms with van der Waals surface area (Å²) in [4.78, 5) is 14.3. The topological polar surface area (TPSA) is 29.5 Å². The maximum Gasteiger partial charge on any atom is 0.254 e. The first-order valence-corrected chi connectivity index (χ1v) is 6.49. The number of benzene rings is 1. The summed E-state index contributed by atoms with van der Waals surface area (Å²) < 4.78 is 5.65. The second-order valence-electron chi connectivity index (χ2n) is 5.27. The third-order valence-corrected chi connectivity index (χ3v) is 3.46. The first-order valence-electron chi connectivity index (χ1n) is 6.49. The summed E-state index contributed by atoms with van der Waals surface area (Å²) in [6.45, 7) is 9.47. The number of hydrogen-bond acceptors (Lipinski definition) is 2. The Bertz CT molecular complexity index is 446. The minimum Gasteiger partial charge on any atom is -0.372 e. The summed E-state index contributed by atoms with van der Waals surface area (Å²) in [5.74, 6) is 0.111. The van der Waals surface area contributed by atoms with E-state index < -0.39 is 0 Å². The Morgan fingerprint density at radius 2 is 1.78 bits per heavy atom. The van der Waals surface area contributed by atoms with Crippen molar-refractivity contribution in [1.82, 2.24) is 4.90 Å². The van der Waals surface area contributed by atoms with E-state index in [9.17, 15) is 4.79 Å². The van der Waals surface area contributed by atoms with E-state index in [2.05, 4.69) is 6.92 Å². The monoisotopic (exact) mass is 247 g/mol. The molecule has 18 heavy (non-hydrogen) atoms. The van der Waals surface area contributed by atoms with E-state index in [0.29, 0.717) is 13.1 Å². The molecular formula is C15H21NO2. The summed E-state index contributed by atoms with van der Waals surface area (Å²) in [7, 11) is 0. The number of amides is 1. The predicted octanol–water partition coefficient (Wildman–Crippen LogP) is 2.55. The van der Waals surface area contributed by atoms with Crippen LogP contribution in [-0.4, -0.2) is 36.1 Å². The van der Waals surface area contributed by atoms with Crippen molar-refractivity contribution in [2.24, 2.45) is 0 Å². The van der Waals surface area contributed by atoms with E-state index in [1.165, 1.54) is 5.56 Å². The Balaban J connectivity index is 2.17. The predicted molar refractivity (Wildman–Crippen MR) is 71.8 cm³/mol. The number of nitrogens with zero attached hydrogens (tertiary/aromatic N) is 1. The lowest BCUT2D eigenvalue weighted by Gasteiger charge is -2.35. The fourth-order valence-corrected chi connectivity index (χ4v) is 2.40. The minimum atomic E-state index is 0.111. The molecule has 0 spiro atoms. The molecule has 1 aliphatic heterocycles. The molecule has 1 aliphatic rings. The van der Waals surface area contributed by atoms with Crippen molar-refractivity contribution in [3.05, 3.63) is 34.9 Å². The Hall–Kier alpha value is -1.35. The van der Waals surface area contributed by atoms with Crippen LogP contribution in [0.1, 0.15) is 35.3 Å². The van der Waals surface area contributed by atoms with Gasteiger partial charge in [0, 0.05) is 18.7 Å². The maximum absolute atomic E-state index is 12.4. The van der Waals surface area contributed by atoms with Gasteiger partial charge >= 0.3 is 0 Å². The molecule has 1 amide bonds. The van der Waals surface area contributed by atoms with Crippen molar-refractivity contribution in [3.63, 3.8) is 0 Å². The summed E-state index contributed by atoms with van der Waals surface area (Å²) in [6, 6.07) is 5.90. The highest BCUT2D eigenvalue weighted by Gasteiger charge is 2.26. The first-order chi connectivity index (χ1) is 8.47. The van der Waals surface area contributed by atoms with Crippen LogP contribution < -0.4 is 0 Å². The molecule has 0 N–H and O–H groups in total. The van der Waals surface area contributed by atoms with Gasteiger partial charge in [-0.3, -0.25) is 4.79 Å². The standard InChI is InChI=1S/C15H21NO2/c1-10-5-6-14(7-11(10)2)15(17)16-8-12(3)18-13(4)9-16/h5-7,12-13H,8-9H2,1-4H3. The summed E-state index contributed by atoms with van der Waals surface area (Å²) >= 11 is 0. The zero-order valence-corrected chi connectivity index (χ0v) is 11.6. The molecule has 2 rings (SSSR count). The minimum absolute atomic E-state index is 0.111. The highest BCUT2D eigenvalue weighted by Crippen LogP contribution is 2.16. The van der Waals surface area contributed by atoms with Gasteiger partial charge in [-0.25, -0.2) is 0 Å². The van der Waals surface area contributed by atoms with Gasteiger partial charge in [0.15, 0.2) is 0 Å². The maximum atomic E-state index is 12.4. The average molecular weight is 247 g/mol. The molecule has 0 bridgehead atoms. The number of rotatable bonds is 1. The summed E-state index contributed by atoms with van der Waals surface area (Å²) in [6.07, 6.45) is 0.230. The van der Waals surface area contributed by atoms with E-state index in [1.54, 1.807) is 0 Å². The van der Waals surface area contributed by atoms with Crippen molar-refractivity contribution < 1.29 is 9.53 Å². The molecule has 1 fully saturated rings. The summed E-state index contributed by atoms with van der Waals surface area (Å²) in [5.41, 5.74) is 3.16. The fourth-order valence-electron chi connectivity index (χ4n) is 2.40. The first kappa shape index (κ1) is 13.1. The molecule has 3 heteroatoms. The molecular weight excluding hydrogens is 226 g/mol. The second kappa shape index (κ2) is 5.11. The average Bonchev–Trinajstić information content (AvgIpc) is 2.30. The Labute approximate surface area is 109 Å². The number of hydrogen-bond donors (Lipinski definition) is 0. The van der Waals surface area contributed by atoms with Gasteiger partial charge < -0.3 is 9.64 Å². The van der Waals surface area contributed by atoms with Gasteiger partial charge in [-0.15, -0.1) is 0 Å². The highest BCUT2D eigenvalue weighted by atomic mass is 16.5. The lowest BCUT2D eigenvalue weighted by atomic mass is 10.0. The number of carbonyl (C=O) groups is 1. The molecule has 2 unspecified atom stereocenters. The lowest BCUT2D eigenvalue weighted by Crippen LogP contribution is -2.48. The van der Waals surface area contributed by atoms with Gasteiger partial charge in [0.05, 0.1) is 12.2 Å². The van der Waals surface area contributed by atoms with E-state index in [-0.39, 0.29) is 18.1 Å². The molecule has 1 aromatic carbocycles. The third kappa shape index (κ3) is 2.72. The molecule has 1 heterocycles. The van der Waals surface area contributed by atoms with Crippen LogP contribution in [0.2, 0.25) is 0 Å². The van der Waals surface area contributed by atoms with Gasteiger partial charge in [0.25, 0.3) is 5.91 Å². The molecule has 1 saturated heterocycles. The fraction of sp³-hybridized carbons (Fsp3) is 0.533. The third-order valence-electron chi connectivity index (χ3n) is 3.46. The van der Waals surface area contributed by atoms with Crippen LogP contribution in [0.4, 0.5) is 0 Å². The SMILES string of the molecule is Cc1ccc(C(=O)N2CC(C)OC(C)C2)cc1C. The Morgan fingerprint density at radius 1 is 1.17 bits per heavy atom. The van der Waals surface area contributed by atoms with Crippen molar-refractivity contribution in [3.8, 4) is 0 Å². The van der Waals surface area contributed by atoms with Gasteiger partial charge in [0.2, 0.25) is 0 Å². The van der Waals surface area contributed by atoms with Crippen LogP contribution in [0.15, 0.2) is 18.2 Å². The van der Waals surface area contributed by atoms with Crippen LogP contribution in [0.3, 0.4) is 0 Å². The Morgan fingerprint density at radius 3 is 2.33 bits per heavy atom. The largest absolute Gasteiger partial charge is 0.372 e. The van der Waals surface area contributed by atoms with Crippen LogP contribution in [0, 0.1) is 13.8 Å². The number of morpholine rings is 1. The van der Waals surface area contributed by atoms with Crippen molar-refractivity contribution in [2.45, 2.75) is 39.9 Å². The molecule has 0 aromatic heterocycles. The molecule has 1 aromatic rings. The smallest absolute Gasteiger partial charge is 0.254 e. The second-order valence-corrected chi connectivity index (χ2v) is 5.27. The van der Waals surface area contributed by atoms with Gasteiger partial charge in [0.1, 0.15) is 0 Å². The van der Waals surface area contributed by atoms with Crippen LogP contribution in [0.5, 0.6) is 0 Å². The normalized spacial score (nSPS) is 24.1. The Kier molecular flexibility index (Phi) is 3.71. The van der Waals surface area contributed by atoms with Gasteiger partial charge in [-0.1, -0.05) is 6.07 Å². The van der Waals surface area contributed by atoms with E-state index >= 15 is 0 Å². The highest BCUT2D eigenvalue weighted by molar-refractivity contribution is 5.94. The number of ether oxygens (including phenoxy) is 1. The quantitative estimate of drug-likeness (QED) is 0.763. The zero-order valence-electron chi connectivity index (χ0n) is 11.6.